The lowest BCUT2D eigenvalue weighted by molar-refractivity contribution is -0.132. The number of methoxy groups -OCH3 is 1. The van der Waals surface area contributed by atoms with Gasteiger partial charge in [0.05, 0.1) is 25.2 Å². The summed E-state index contributed by atoms with van der Waals surface area (Å²) in [6.45, 7) is 7.58. The second-order valence-electron chi connectivity index (χ2n) is 9.86. The van der Waals surface area contributed by atoms with Crippen molar-refractivity contribution in [3.63, 3.8) is 0 Å². The number of carbonyl (C=O) groups is 2. The molecule has 0 bridgehead atoms. The zero-order valence-electron chi connectivity index (χ0n) is 19.0. The molecule has 0 radical (unpaired) electrons. The van der Waals surface area contributed by atoms with E-state index < -0.39 is 5.97 Å². The molecule has 1 aliphatic carbocycles. The molecule has 0 aromatic carbocycles. The number of carbonyl (C=O) groups excluding carboxylic acids is 2. The van der Waals surface area contributed by atoms with Crippen LogP contribution in [-0.2, 0) is 9.53 Å². The summed E-state index contributed by atoms with van der Waals surface area (Å²) in [4.78, 5) is 41.6. The van der Waals surface area contributed by atoms with E-state index >= 15 is 0 Å². The van der Waals surface area contributed by atoms with Crippen LogP contribution in [-0.4, -0.2) is 65.0 Å². The minimum atomic E-state index is -0.495. The zero-order chi connectivity index (χ0) is 23.4. The molecule has 1 amide bonds. The average molecular weight is 471 g/mol. The van der Waals surface area contributed by atoms with Crippen molar-refractivity contribution >= 4 is 40.9 Å². The van der Waals surface area contributed by atoms with Crippen LogP contribution >= 0.6 is 11.6 Å². The van der Waals surface area contributed by atoms with Gasteiger partial charge in [-0.15, -0.1) is 0 Å². The maximum Gasteiger partial charge on any atom is 0.356 e. The van der Waals surface area contributed by atoms with E-state index in [1.807, 2.05) is 0 Å². The highest BCUT2D eigenvalue weighted by Gasteiger charge is 2.59. The third-order valence-electron chi connectivity index (χ3n) is 7.29. The van der Waals surface area contributed by atoms with Crippen molar-refractivity contribution in [2.75, 3.05) is 43.5 Å². The van der Waals surface area contributed by atoms with Gasteiger partial charge in [-0.25, -0.2) is 14.8 Å². The van der Waals surface area contributed by atoms with E-state index in [2.05, 4.69) is 48.7 Å². The van der Waals surface area contributed by atoms with Crippen LogP contribution in [0.25, 0.3) is 0 Å². The lowest BCUT2D eigenvalue weighted by Crippen LogP contribution is -2.36. The highest BCUT2D eigenvalue weighted by atomic mass is 35.5. The van der Waals surface area contributed by atoms with Gasteiger partial charge in [0.2, 0.25) is 11.9 Å². The molecular weight excluding hydrogens is 444 g/mol. The number of ether oxygens (including phenoxy) is 1. The van der Waals surface area contributed by atoms with Crippen molar-refractivity contribution in [3.8, 4) is 0 Å². The van der Waals surface area contributed by atoms with Crippen LogP contribution in [0.1, 0.15) is 37.2 Å². The molecular formula is C23H27ClN6O3. The van der Waals surface area contributed by atoms with E-state index in [9.17, 15) is 9.59 Å². The lowest BCUT2D eigenvalue weighted by atomic mass is 9.71. The van der Waals surface area contributed by atoms with Crippen LogP contribution in [0.5, 0.6) is 0 Å². The number of pyridine rings is 1. The smallest absolute Gasteiger partial charge is 0.356 e. The van der Waals surface area contributed by atoms with Crippen LogP contribution < -0.4 is 10.2 Å². The average Bonchev–Trinajstić information content (AvgIpc) is 3.56. The highest BCUT2D eigenvalue weighted by Crippen LogP contribution is 2.53. The first-order chi connectivity index (χ1) is 15.7. The molecule has 5 rings (SSSR count). The largest absolute Gasteiger partial charge is 0.464 e. The van der Waals surface area contributed by atoms with Gasteiger partial charge in [0.15, 0.2) is 5.82 Å². The molecule has 0 unspecified atom stereocenters. The van der Waals surface area contributed by atoms with Gasteiger partial charge < -0.3 is 19.9 Å². The summed E-state index contributed by atoms with van der Waals surface area (Å²) in [5.41, 5.74) is 0.794. The predicted molar refractivity (Wildman–Crippen MR) is 124 cm³/mol. The molecule has 4 heterocycles. The molecule has 2 aromatic heterocycles. The number of likely N-dealkylation sites (tertiary alicyclic amines) is 1. The number of amides is 1. The lowest BCUT2D eigenvalue weighted by Gasteiger charge is -2.29. The van der Waals surface area contributed by atoms with E-state index in [1.165, 1.54) is 13.3 Å². The molecule has 1 saturated carbocycles. The Balaban J connectivity index is 1.32. The summed E-state index contributed by atoms with van der Waals surface area (Å²) in [6.07, 6.45) is 5.17. The SMILES string of the molecule is COC(=O)c1ccc(Nc2ncc(Cl)c(N3C[C@]4(C)CN(C(=O)C5CC5)C[C@]4(C)C3)n2)cn1. The van der Waals surface area contributed by atoms with Gasteiger partial charge in [-0.1, -0.05) is 25.4 Å². The fourth-order valence-electron chi connectivity index (χ4n) is 5.02. The van der Waals surface area contributed by atoms with Crippen molar-refractivity contribution in [2.24, 2.45) is 16.7 Å². The Morgan fingerprint density at radius 2 is 1.79 bits per heavy atom. The first kappa shape index (κ1) is 21.9. The maximum atomic E-state index is 12.7. The van der Waals surface area contributed by atoms with Crippen LogP contribution in [0, 0.1) is 16.7 Å². The molecule has 2 saturated heterocycles. The summed E-state index contributed by atoms with van der Waals surface area (Å²) in [7, 11) is 1.31. The molecule has 1 N–H and O–H groups in total. The first-order valence-electron chi connectivity index (χ1n) is 11.1. The first-order valence-corrected chi connectivity index (χ1v) is 11.5. The van der Waals surface area contributed by atoms with Crippen LogP contribution in [0.2, 0.25) is 5.02 Å². The van der Waals surface area contributed by atoms with E-state index in [1.54, 1.807) is 18.3 Å². The molecule has 10 heteroatoms. The quantitative estimate of drug-likeness (QED) is 0.665. The number of esters is 1. The number of rotatable bonds is 5. The number of fused-ring (bicyclic) bond motifs is 1. The third kappa shape index (κ3) is 3.88. The Hall–Kier alpha value is -2.94. The van der Waals surface area contributed by atoms with Gasteiger partial charge in [-0.3, -0.25) is 4.79 Å². The van der Waals surface area contributed by atoms with E-state index in [-0.39, 0.29) is 22.4 Å². The Kier molecular flexibility index (Phi) is 5.19. The molecule has 9 nitrogen and oxygen atoms in total. The molecule has 2 aromatic rings. The summed E-state index contributed by atoms with van der Waals surface area (Å²) >= 11 is 6.50. The van der Waals surface area contributed by atoms with Crippen molar-refractivity contribution in [2.45, 2.75) is 26.7 Å². The molecule has 2 atom stereocenters. The van der Waals surface area contributed by atoms with Gasteiger partial charge in [0, 0.05) is 42.9 Å². The normalized spacial score (nSPS) is 26.3. The number of hydrogen-bond donors (Lipinski definition) is 1. The number of hydrogen-bond acceptors (Lipinski definition) is 8. The molecule has 33 heavy (non-hydrogen) atoms. The number of halogens is 1. The molecule has 2 aliphatic heterocycles. The van der Waals surface area contributed by atoms with Crippen molar-refractivity contribution in [3.05, 3.63) is 35.2 Å². The van der Waals surface area contributed by atoms with Crippen molar-refractivity contribution in [1.82, 2.24) is 19.9 Å². The number of nitrogens with zero attached hydrogens (tertiary/aromatic N) is 5. The monoisotopic (exact) mass is 470 g/mol. The van der Waals surface area contributed by atoms with Crippen molar-refractivity contribution in [1.29, 1.82) is 0 Å². The Morgan fingerprint density at radius 3 is 2.36 bits per heavy atom. The van der Waals surface area contributed by atoms with Crippen LogP contribution in [0.3, 0.4) is 0 Å². The Labute approximate surface area is 197 Å². The maximum absolute atomic E-state index is 12.7. The van der Waals surface area contributed by atoms with Gasteiger partial charge in [-0.05, 0) is 25.0 Å². The summed E-state index contributed by atoms with van der Waals surface area (Å²) < 4.78 is 4.67. The minimum absolute atomic E-state index is 0.0347. The Bertz CT molecular complexity index is 1090. The molecule has 3 aliphatic rings. The fourth-order valence-corrected chi connectivity index (χ4v) is 5.23. The van der Waals surface area contributed by atoms with E-state index in [4.69, 9.17) is 11.6 Å². The summed E-state index contributed by atoms with van der Waals surface area (Å²) in [5, 5.41) is 3.60. The summed E-state index contributed by atoms with van der Waals surface area (Å²) in [6, 6.07) is 3.29. The van der Waals surface area contributed by atoms with Crippen LogP contribution in [0.4, 0.5) is 17.5 Å². The number of nitrogens with one attached hydrogen (secondary N) is 1. The third-order valence-corrected chi connectivity index (χ3v) is 7.56. The van der Waals surface area contributed by atoms with Gasteiger partial charge >= 0.3 is 5.97 Å². The molecule has 0 spiro atoms. The standard InChI is InChI=1S/C23H27ClN6O3/c1-22-10-29(11-23(22,2)13-30(12-22)19(31)14-4-5-14)18-16(24)9-26-21(28-18)27-15-6-7-17(25-8-15)20(32)33-3/h6-9,14H,4-5,10-13H2,1-3H3,(H,26,27,28)/t22-,23+. The van der Waals surface area contributed by atoms with Gasteiger partial charge in [0.1, 0.15) is 10.7 Å². The van der Waals surface area contributed by atoms with E-state index in [0.717, 1.165) is 39.0 Å². The summed E-state index contributed by atoms with van der Waals surface area (Å²) in [5.74, 6) is 1.13. The molecule has 3 fully saturated rings. The minimum Gasteiger partial charge on any atom is -0.464 e. The second kappa shape index (κ2) is 7.83. The predicted octanol–water partition coefficient (Wildman–Crippen LogP) is 3.14. The Morgan fingerprint density at radius 1 is 1.09 bits per heavy atom. The fraction of sp³-hybridized carbons (Fsp3) is 0.522. The zero-order valence-corrected chi connectivity index (χ0v) is 19.7. The highest BCUT2D eigenvalue weighted by molar-refractivity contribution is 6.32. The van der Waals surface area contributed by atoms with Crippen LogP contribution in [0.15, 0.2) is 24.5 Å². The molecule has 174 valence electrons. The topological polar surface area (TPSA) is 101 Å². The van der Waals surface area contributed by atoms with Gasteiger partial charge in [0.25, 0.3) is 0 Å². The number of anilines is 3. The van der Waals surface area contributed by atoms with Crippen molar-refractivity contribution < 1.29 is 14.3 Å². The second-order valence-corrected chi connectivity index (χ2v) is 10.3. The van der Waals surface area contributed by atoms with E-state index in [0.29, 0.717) is 28.4 Å². The number of aromatic nitrogens is 3. The van der Waals surface area contributed by atoms with Gasteiger partial charge in [-0.2, -0.15) is 4.98 Å².